The second-order valence-electron chi connectivity index (χ2n) is 5.00. The van der Waals surface area contributed by atoms with Crippen molar-refractivity contribution in [3.05, 3.63) is 35.4 Å². The van der Waals surface area contributed by atoms with Crippen LogP contribution in [0.25, 0.3) is 0 Å². The molecular formula is C16H23FO3. The second-order valence-corrected chi connectivity index (χ2v) is 5.00. The van der Waals surface area contributed by atoms with Crippen LogP contribution in [0.3, 0.4) is 0 Å². The molecule has 0 saturated heterocycles. The van der Waals surface area contributed by atoms with Gasteiger partial charge in [0.15, 0.2) is 0 Å². The molecule has 20 heavy (non-hydrogen) atoms. The minimum atomic E-state index is -0.954. The molecule has 112 valence electrons. The smallest absolute Gasteiger partial charge is 0.335 e. The number of aromatic carboxylic acids is 1. The highest BCUT2D eigenvalue weighted by molar-refractivity contribution is 5.87. The largest absolute Gasteiger partial charge is 0.478 e. The number of hydrogen-bond acceptors (Lipinski definition) is 2. The fourth-order valence-electron chi connectivity index (χ4n) is 1.94. The third-order valence-electron chi connectivity index (χ3n) is 3.28. The van der Waals surface area contributed by atoms with E-state index in [-0.39, 0.29) is 18.3 Å². The normalized spacial score (nSPS) is 13.9. The van der Waals surface area contributed by atoms with Crippen molar-refractivity contribution >= 4 is 5.97 Å². The third kappa shape index (κ3) is 5.70. The van der Waals surface area contributed by atoms with Gasteiger partial charge in [-0.1, -0.05) is 38.3 Å². The number of alkyl halides is 1. The summed E-state index contributed by atoms with van der Waals surface area (Å²) in [6.45, 7) is 4.02. The highest BCUT2D eigenvalue weighted by Crippen LogP contribution is 2.19. The Morgan fingerprint density at radius 1 is 1.30 bits per heavy atom. The first kappa shape index (κ1) is 16.6. The molecule has 0 amide bonds. The Morgan fingerprint density at radius 2 is 1.95 bits per heavy atom. The van der Waals surface area contributed by atoms with Gasteiger partial charge in [-0.25, -0.2) is 9.18 Å². The molecule has 0 fully saturated rings. The lowest BCUT2D eigenvalue weighted by molar-refractivity contribution is 0.0247. The van der Waals surface area contributed by atoms with Crippen LogP contribution in [0, 0.1) is 0 Å². The third-order valence-corrected chi connectivity index (χ3v) is 3.28. The number of unbranched alkanes of at least 4 members (excludes halogenated alkanes) is 2. The van der Waals surface area contributed by atoms with Crippen LogP contribution in [-0.4, -0.2) is 23.9 Å². The predicted octanol–water partition coefficient (Wildman–Crippen LogP) is 4.38. The average Bonchev–Trinajstić information content (AvgIpc) is 2.45. The first-order valence-corrected chi connectivity index (χ1v) is 7.13. The van der Waals surface area contributed by atoms with Gasteiger partial charge in [-0.3, -0.25) is 0 Å². The molecule has 1 aromatic carbocycles. The summed E-state index contributed by atoms with van der Waals surface area (Å²) in [5.74, 6) is -0.954. The van der Waals surface area contributed by atoms with Crippen molar-refractivity contribution in [2.45, 2.75) is 51.8 Å². The zero-order valence-electron chi connectivity index (χ0n) is 12.1. The van der Waals surface area contributed by atoms with Crippen molar-refractivity contribution in [3.63, 3.8) is 0 Å². The van der Waals surface area contributed by atoms with Gasteiger partial charge in [0.2, 0.25) is 0 Å². The van der Waals surface area contributed by atoms with Crippen molar-refractivity contribution in [2.75, 3.05) is 6.61 Å². The summed E-state index contributed by atoms with van der Waals surface area (Å²) in [5.41, 5.74) is 1.10. The quantitative estimate of drug-likeness (QED) is 0.684. The Hall–Kier alpha value is -1.42. The number of carboxylic acids is 1. The fraction of sp³-hybridized carbons (Fsp3) is 0.562. The van der Waals surface area contributed by atoms with E-state index in [1.807, 2.05) is 6.92 Å². The van der Waals surface area contributed by atoms with Gasteiger partial charge in [-0.2, -0.15) is 0 Å². The van der Waals surface area contributed by atoms with E-state index in [2.05, 4.69) is 6.92 Å². The number of ether oxygens (including phenoxy) is 1. The highest BCUT2D eigenvalue weighted by atomic mass is 19.1. The molecule has 0 aliphatic heterocycles. The van der Waals surface area contributed by atoms with Gasteiger partial charge in [-0.05, 0) is 31.0 Å². The van der Waals surface area contributed by atoms with Crippen molar-refractivity contribution in [2.24, 2.45) is 0 Å². The van der Waals surface area contributed by atoms with Crippen LogP contribution in [0.2, 0.25) is 0 Å². The molecule has 2 atom stereocenters. The molecule has 0 spiro atoms. The average molecular weight is 282 g/mol. The first-order chi connectivity index (χ1) is 9.54. The maximum atomic E-state index is 13.6. The van der Waals surface area contributed by atoms with Crippen LogP contribution in [0.15, 0.2) is 24.3 Å². The minimum Gasteiger partial charge on any atom is -0.478 e. The van der Waals surface area contributed by atoms with Crippen LogP contribution >= 0.6 is 0 Å². The lowest BCUT2D eigenvalue weighted by Gasteiger charge is -2.15. The molecule has 0 aliphatic carbocycles. The molecule has 0 radical (unpaired) electrons. The van der Waals surface area contributed by atoms with E-state index >= 15 is 0 Å². The topological polar surface area (TPSA) is 46.5 Å². The monoisotopic (exact) mass is 282 g/mol. The van der Waals surface area contributed by atoms with Gasteiger partial charge >= 0.3 is 5.97 Å². The fourth-order valence-corrected chi connectivity index (χ4v) is 1.94. The number of rotatable bonds is 9. The van der Waals surface area contributed by atoms with Crippen LogP contribution in [-0.2, 0) is 4.74 Å². The van der Waals surface area contributed by atoms with Crippen LogP contribution in [0.4, 0.5) is 4.39 Å². The second kappa shape index (κ2) is 8.69. The molecule has 0 saturated carbocycles. The van der Waals surface area contributed by atoms with E-state index in [9.17, 15) is 9.18 Å². The molecule has 0 heterocycles. The van der Waals surface area contributed by atoms with Crippen LogP contribution in [0.1, 0.15) is 61.6 Å². The molecule has 0 aromatic heterocycles. The molecule has 2 unspecified atom stereocenters. The van der Waals surface area contributed by atoms with Crippen molar-refractivity contribution in [1.29, 1.82) is 0 Å². The molecule has 1 aromatic rings. The Labute approximate surface area is 119 Å². The van der Waals surface area contributed by atoms with Gasteiger partial charge in [0.05, 0.1) is 18.3 Å². The Balaban J connectivity index is 2.38. The molecule has 0 aliphatic rings. The van der Waals surface area contributed by atoms with Crippen LogP contribution in [0.5, 0.6) is 0 Å². The van der Waals surface area contributed by atoms with Gasteiger partial charge in [0.25, 0.3) is 0 Å². The van der Waals surface area contributed by atoms with Gasteiger partial charge in [0, 0.05) is 0 Å². The van der Waals surface area contributed by atoms with Crippen molar-refractivity contribution in [3.8, 4) is 0 Å². The first-order valence-electron chi connectivity index (χ1n) is 7.13. The maximum Gasteiger partial charge on any atom is 0.335 e. The number of halogens is 1. The molecule has 1 N–H and O–H groups in total. The molecular weight excluding hydrogens is 259 g/mol. The summed E-state index contributed by atoms with van der Waals surface area (Å²) in [5, 5.41) is 8.81. The number of carbonyl (C=O) groups is 1. The molecule has 0 bridgehead atoms. The molecule has 4 heteroatoms. The minimum absolute atomic E-state index is 0.0889. The Morgan fingerprint density at radius 3 is 2.50 bits per heavy atom. The van der Waals surface area contributed by atoms with E-state index in [4.69, 9.17) is 9.84 Å². The number of hydrogen-bond donors (Lipinski definition) is 1. The van der Waals surface area contributed by atoms with E-state index in [1.165, 1.54) is 12.1 Å². The zero-order valence-corrected chi connectivity index (χ0v) is 12.1. The number of carboxylic acid groups (broad SMARTS) is 1. The van der Waals surface area contributed by atoms with Gasteiger partial charge < -0.3 is 9.84 Å². The zero-order chi connectivity index (χ0) is 15.0. The summed E-state index contributed by atoms with van der Waals surface area (Å²) in [4.78, 5) is 10.7. The van der Waals surface area contributed by atoms with Crippen molar-refractivity contribution in [1.82, 2.24) is 0 Å². The van der Waals surface area contributed by atoms with Gasteiger partial charge in [-0.15, -0.1) is 0 Å². The Bertz CT molecular complexity index is 403. The SMILES string of the molecule is CCCCCC(F)COC(C)c1ccc(C(=O)O)cc1. The van der Waals surface area contributed by atoms with E-state index in [0.29, 0.717) is 6.42 Å². The molecule has 3 nitrogen and oxygen atoms in total. The summed E-state index contributed by atoms with van der Waals surface area (Å²) in [6.07, 6.45) is 2.40. The van der Waals surface area contributed by atoms with Gasteiger partial charge in [0.1, 0.15) is 6.17 Å². The highest BCUT2D eigenvalue weighted by Gasteiger charge is 2.12. The Kier molecular flexibility index (Phi) is 7.23. The summed E-state index contributed by atoms with van der Waals surface area (Å²) in [7, 11) is 0. The summed E-state index contributed by atoms with van der Waals surface area (Å²) in [6, 6.07) is 6.48. The van der Waals surface area contributed by atoms with E-state index in [1.54, 1.807) is 12.1 Å². The standard InChI is InChI=1S/C16H23FO3/c1-3-4-5-6-15(17)11-20-12(2)13-7-9-14(10-8-13)16(18)19/h7-10,12,15H,3-6,11H2,1-2H3,(H,18,19). The maximum absolute atomic E-state index is 13.6. The molecule has 1 rings (SSSR count). The van der Waals surface area contributed by atoms with E-state index in [0.717, 1.165) is 24.8 Å². The lowest BCUT2D eigenvalue weighted by Crippen LogP contribution is -2.12. The summed E-state index contributed by atoms with van der Waals surface area (Å²) < 4.78 is 19.1. The van der Waals surface area contributed by atoms with E-state index < -0.39 is 12.1 Å². The van der Waals surface area contributed by atoms with Crippen molar-refractivity contribution < 1.29 is 19.0 Å². The summed E-state index contributed by atoms with van der Waals surface area (Å²) >= 11 is 0. The van der Waals surface area contributed by atoms with Crippen LogP contribution < -0.4 is 0 Å². The predicted molar refractivity (Wildman–Crippen MR) is 76.8 cm³/mol. The number of benzene rings is 1. The lowest BCUT2D eigenvalue weighted by atomic mass is 10.1.